The van der Waals surface area contributed by atoms with E-state index in [1.54, 1.807) is 0 Å². The van der Waals surface area contributed by atoms with Crippen molar-refractivity contribution < 1.29 is 21.7 Å². The fraction of sp³-hybridized carbons (Fsp3) is 0.410. The van der Waals surface area contributed by atoms with E-state index >= 15 is 0 Å². The average Bonchev–Trinajstić information content (AvgIpc) is 3.14. The largest absolute Gasteiger partial charge is 3.00 e. The molecule has 3 aromatic carbocycles. The Hall–Kier alpha value is -1.97. The van der Waals surface area contributed by atoms with Gasteiger partial charge in [0.15, 0.2) is 0 Å². The van der Waals surface area contributed by atoms with Crippen LogP contribution in [0.1, 0.15) is 73.1 Å². The summed E-state index contributed by atoms with van der Waals surface area (Å²) in [5.41, 5.74) is 15.7. The van der Waals surface area contributed by atoms with Crippen LogP contribution in [0, 0.1) is 36.7 Å². The van der Waals surface area contributed by atoms with Crippen LogP contribution < -0.4 is 5.19 Å². The van der Waals surface area contributed by atoms with Crippen LogP contribution in [0.15, 0.2) is 108 Å². The van der Waals surface area contributed by atoms with Gasteiger partial charge in [-0.15, -0.1) is 12.5 Å². The number of hydrogen-bond acceptors (Lipinski definition) is 0. The summed E-state index contributed by atoms with van der Waals surface area (Å²) >= 11 is 0. The molecule has 220 valence electrons. The summed E-state index contributed by atoms with van der Waals surface area (Å²) in [6.07, 6.45) is 11.3. The molecular weight excluding hydrogens is 558 g/mol. The molecule has 0 amide bonds. The second-order valence-electron chi connectivity index (χ2n) is 13.1. The van der Waals surface area contributed by atoms with Gasteiger partial charge < -0.3 is 13.2 Å². The molecule has 0 spiro atoms. The first kappa shape index (κ1) is 36.2. The second kappa shape index (κ2) is 16.2. The molecule has 4 fully saturated rings. The fourth-order valence-corrected chi connectivity index (χ4v) is 7.89. The van der Waals surface area contributed by atoms with E-state index in [2.05, 4.69) is 101 Å². The van der Waals surface area contributed by atoms with Gasteiger partial charge in [0, 0.05) is 10.2 Å². The van der Waals surface area contributed by atoms with Gasteiger partial charge in [0.05, 0.1) is 0 Å². The number of rotatable bonds is 1. The van der Waals surface area contributed by atoms with Crippen molar-refractivity contribution in [1.29, 1.82) is 0 Å². The van der Waals surface area contributed by atoms with Crippen molar-refractivity contribution in [2.75, 3.05) is 0 Å². The monoisotopic (exact) mass is 609 g/mol. The van der Waals surface area contributed by atoms with Gasteiger partial charge in [-0.2, -0.15) is 11.1 Å². The van der Waals surface area contributed by atoms with Gasteiger partial charge in [-0.25, -0.2) is 5.57 Å². The van der Waals surface area contributed by atoms with Gasteiger partial charge in [0.1, 0.15) is 0 Å². The minimum atomic E-state index is 0. The standard InChI is InChI=1S/C12H10.C11H18N.C9H13.C6H7Si.CH3.Ti/c1-3-7-11(8-4-1)12-9-5-2-6-10-12;1-10-3-8-2-9(4-10)6-11(12,5-8)7-10;1-6-5-7(2)9(4)8(6)3;7-6-4-2-1-3-5-6;;/h1-10H;8-9,12H,2-7H2,1H3;6H,1-4H3;1-5H,7H2;1H3;/q;2*-1;;-1;+3. The number of benzene rings is 3. The minimum absolute atomic E-state index is 0. The predicted octanol–water partition coefficient (Wildman–Crippen LogP) is 9.87. The van der Waals surface area contributed by atoms with Gasteiger partial charge in [0.25, 0.3) is 0 Å². The SMILES string of the molecule is CC12CC3CC(C1)CC([NH-])(C3)C2.CC1=[C-]C(C)C(C)=C1C.[CH3-].[SiH2]c1ccccc1.[Ti+3].c1ccc(-c2ccccc2)cc1. The van der Waals surface area contributed by atoms with Crippen LogP contribution in [-0.4, -0.2) is 15.8 Å². The minimum Gasteiger partial charge on any atom is -0.672 e. The molecule has 3 heteroatoms. The number of nitrogens with one attached hydrogen (secondary N) is 1. The topological polar surface area (TPSA) is 23.8 Å². The Kier molecular flexibility index (Phi) is 14.0. The average molecular weight is 610 g/mol. The molecule has 8 rings (SSSR count). The number of hydrogen-bond donors (Lipinski definition) is 0. The Balaban J connectivity index is 0.000000197. The molecule has 42 heavy (non-hydrogen) atoms. The van der Waals surface area contributed by atoms with Crippen molar-refractivity contribution >= 4 is 15.4 Å². The molecule has 4 bridgehead atoms. The molecule has 1 N–H and O–H groups in total. The van der Waals surface area contributed by atoms with E-state index in [4.69, 9.17) is 5.73 Å². The summed E-state index contributed by atoms with van der Waals surface area (Å²) in [5.74, 6) is 2.41. The van der Waals surface area contributed by atoms with E-state index in [0.29, 0.717) is 11.3 Å². The normalized spacial score (nSPS) is 27.9. The van der Waals surface area contributed by atoms with E-state index in [1.807, 2.05) is 40.6 Å². The van der Waals surface area contributed by atoms with E-state index in [-0.39, 0.29) is 34.7 Å². The zero-order valence-electron chi connectivity index (χ0n) is 26.8. The van der Waals surface area contributed by atoms with E-state index in [0.717, 1.165) is 11.8 Å². The quantitative estimate of drug-likeness (QED) is 0.194. The van der Waals surface area contributed by atoms with Crippen molar-refractivity contribution in [3.63, 3.8) is 0 Å². The Labute approximate surface area is 275 Å². The predicted molar refractivity (Wildman–Crippen MR) is 183 cm³/mol. The van der Waals surface area contributed by atoms with Crippen LogP contribution in [-0.2, 0) is 21.7 Å². The maximum atomic E-state index is 8.34. The van der Waals surface area contributed by atoms with Crippen LogP contribution >= 0.6 is 0 Å². The Morgan fingerprint density at radius 3 is 1.43 bits per heavy atom. The molecule has 0 aliphatic heterocycles. The van der Waals surface area contributed by atoms with Crippen molar-refractivity contribution in [3.05, 3.63) is 127 Å². The number of allylic oxidation sites excluding steroid dienone is 4. The second-order valence-corrected chi connectivity index (χ2v) is 13.9. The molecule has 0 aromatic heterocycles. The first-order chi connectivity index (χ1) is 19.1. The molecule has 0 saturated heterocycles. The first-order valence-corrected chi connectivity index (χ1v) is 15.8. The van der Waals surface area contributed by atoms with Gasteiger partial charge in [0.2, 0.25) is 0 Å². The van der Waals surface area contributed by atoms with Crippen LogP contribution in [0.4, 0.5) is 0 Å². The maximum absolute atomic E-state index is 8.34. The summed E-state index contributed by atoms with van der Waals surface area (Å²) < 4.78 is 0. The van der Waals surface area contributed by atoms with Crippen LogP contribution in [0.2, 0.25) is 0 Å². The van der Waals surface area contributed by atoms with E-state index < -0.39 is 0 Å². The summed E-state index contributed by atoms with van der Waals surface area (Å²) in [7, 11) is 1.90. The Morgan fingerprint density at radius 2 is 1.17 bits per heavy atom. The molecule has 1 nitrogen and oxygen atoms in total. The van der Waals surface area contributed by atoms with Crippen molar-refractivity contribution in [1.82, 2.24) is 0 Å². The van der Waals surface area contributed by atoms with Crippen LogP contribution in [0.5, 0.6) is 0 Å². The Bertz CT molecular complexity index is 1210. The summed E-state index contributed by atoms with van der Waals surface area (Å²) in [5, 5.41) is 1.35. The molecule has 0 heterocycles. The van der Waals surface area contributed by atoms with Crippen LogP contribution in [0.3, 0.4) is 0 Å². The fourth-order valence-electron chi connectivity index (χ4n) is 7.62. The van der Waals surface area contributed by atoms with Crippen molar-refractivity contribution in [2.45, 2.75) is 78.7 Å². The van der Waals surface area contributed by atoms with E-state index in [9.17, 15) is 0 Å². The van der Waals surface area contributed by atoms with Crippen molar-refractivity contribution in [2.24, 2.45) is 23.2 Å². The smallest absolute Gasteiger partial charge is 0.672 e. The Morgan fingerprint density at radius 1 is 0.738 bits per heavy atom. The molecule has 2 radical (unpaired) electrons. The zero-order chi connectivity index (χ0) is 28.8. The maximum Gasteiger partial charge on any atom is 3.00 e. The van der Waals surface area contributed by atoms with Gasteiger partial charge in [-0.1, -0.05) is 149 Å². The molecule has 3 atom stereocenters. The molecule has 4 saturated carbocycles. The molecule has 5 aliphatic carbocycles. The van der Waals surface area contributed by atoms with Gasteiger partial charge in [-0.05, 0) is 47.6 Å². The van der Waals surface area contributed by atoms with Gasteiger partial charge in [-0.3, -0.25) is 6.08 Å². The summed E-state index contributed by atoms with van der Waals surface area (Å²) in [6, 6.07) is 31.1. The molecular formula is C39H51NSiTi. The summed E-state index contributed by atoms with van der Waals surface area (Å²) in [4.78, 5) is 0. The summed E-state index contributed by atoms with van der Waals surface area (Å²) in [6.45, 7) is 11.1. The molecule has 3 unspecified atom stereocenters. The van der Waals surface area contributed by atoms with Crippen LogP contribution in [0.25, 0.3) is 16.9 Å². The molecule has 5 aliphatic rings. The molecule has 3 aromatic rings. The van der Waals surface area contributed by atoms with Gasteiger partial charge >= 0.3 is 21.7 Å². The first-order valence-electron chi connectivity index (χ1n) is 15.1. The third-order valence-corrected chi connectivity index (χ3v) is 9.79. The zero-order valence-corrected chi connectivity index (χ0v) is 29.8. The third-order valence-electron chi connectivity index (χ3n) is 9.31. The van der Waals surface area contributed by atoms with E-state index in [1.165, 1.54) is 71.6 Å². The van der Waals surface area contributed by atoms with Crippen molar-refractivity contribution in [3.8, 4) is 11.1 Å². The third kappa shape index (κ3) is 10.1.